The molecule has 1 atom stereocenters. The van der Waals surface area contributed by atoms with Crippen LogP contribution >= 0.6 is 7.37 Å². The zero-order valence-corrected chi connectivity index (χ0v) is 20.7. The topological polar surface area (TPSA) is 54.4 Å². The minimum Gasteiger partial charge on any atom is -0.336 e. The second-order valence-corrected chi connectivity index (χ2v) is 10.1. The van der Waals surface area contributed by atoms with Gasteiger partial charge < -0.3 is 9.38 Å². The Morgan fingerprint density at radius 2 is 1.23 bits per heavy atom. The zero-order valence-electron chi connectivity index (χ0n) is 19.8. The number of quaternary nitrogens is 1. The molecule has 1 aromatic carbocycles. The third-order valence-electron chi connectivity index (χ3n) is 5.50. The molecule has 0 saturated carbocycles. The second-order valence-electron chi connectivity index (χ2n) is 8.13. The van der Waals surface area contributed by atoms with Gasteiger partial charge in [-0.15, -0.1) is 0 Å². The summed E-state index contributed by atoms with van der Waals surface area (Å²) in [5.74, 6) is 0.794. The van der Waals surface area contributed by atoms with Crippen molar-refractivity contribution >= 4 is 12.9 Å². The number of hydrogen-bond donors (Lipinski definition) is 1. The number of benzene rings is 1. The number of hydrogen-bond acceptors (Lipinski definition) is 2. The van der Waals surface area contributed by atoms with E-state index in [-0.39, 0.29) is 5.56 Å². The summed E-state index contributed by atoms with van der Waals surface area (Å²) in [7, 11) is -3.86. The summed E-state index contributed by atoms with van der Waals surface area (Å²) >= 11 is 0. The van der Waals surface area contributed by atoms with Crippen molar-refractivity contribution in [1.29, 1.82) is 0 Å². The largest absolute Gasteiger partial charge is 0.336 e. The van der Waals surface area contributed by atoms with Crippen LogP contribution in [-0.2, 0) is 4.57 Å². The number of unbranched alkanes of at least 4 members (excludes halogenated alkanes) is 4. The van der Waals surface area contributed by atoms with Gasteiger partial charge in [0.1, 0.15) is 0 Å². The van der Waals surface area contributed by atoms with Gasteiger partial charge in [-0.25, -0.2) is 0 Å². The summed E-state index contributed by atoms with van der Waals surface area (Å²) in [5, 5.41) is 0. The number of nitrogens with zero attached hydrogens (tertiary/aromatic N) is 1. The van der Waals surface area contributed by atoms with Crippen LogP contribution in [0.4, 0.5) is 0 Å². The van der Waals surface area contributed by atoms with Crippen molar-refractivity contribution in [2.24, 2.45) is 0 Å². The number of carbonyl (C=O) groups excluding carboxylic acids is 1. The minimum atomic E-state index is -3.86. The Balaban J connectivity index is 0.000000579. The van der Waals surface area contributed by atoms with Crippen LogP contribution < -0.4 is 0 Å². The van der Waals surface area contributed by atoms with Gasteiger partial charge in [0.15, 0.2) is 0 Å². The van der Waals surface area contributed by atoms with Crippen molar-refractivity contribution in [3.63, 3.8) is 0 Å². The molecule has 4 nitrogen and oxygen atoms in total. The van der Waals surface area contributed by atoms with Gasteiger partial charge in [-0.05, 0) is 25.7 Å². The van der Waals surface area contributed by atoms with Crippen LogP contribution in [0.15, 0.2) is 42.7 Å². The van der Waals surface area contributed by atoms with Gasteiger partial charge in [-0.1, -0.05) is 90.3 Å². The molecular weight excluding hydrogens is 393 g/mol. The second kappa shape index (κ2) is 16.5. The monoisotopic (exact) mass is 438 g/mol. The van der Waals surface area contributed by atoms with Crippen molar-refractivity contribution < 1.29 is 18.7 Å². The van der Waals surface area contributed by atoms with Crippen LogP contribution in [0.2, 0.25) is 0 Å². The molecule has 0 bridgehead atoms. The molecule has 0 fully saturated rings. The quantitative estimate of drug-likeness (QED) is 0.232. The lowest BCUT2D eigenvalue weighted by molar-refractivity contribution is -0.929. The molecule has 30 heavy (non-hydrogen) atoms. The Morgan fingerprint density at radius 3 is 1.53 bits per heavy atom. The van der Waals surface area contributed by atoms with Crippen molar-refractivity contribution in [2.45, 2.75) is 79.1 Å². The lowest BCUT2D eigenvalue weighted by Gasteiger charge is -2.39. The smallest absolute Gasteiger partial charge is 0.290 e. The van der Waals surface area contributed by atoms with E-state index in [1.54, 1.807) is 18.2 Å². The SMILES string of the molecule is C=CP(=O)(O)C(=O)c1ccccc1.CCCC[N+](CCCC)(CCCC)CCCC. The van der Waals surface area contributed by atoms with Crippen LogP contribution in [0.5, 0.6) is 0 Å². The van der Waals surface area contributed by atoms with Crippen molar-refractivity contribution in [3.8, 4) is 0 Å². The number of rotatable bonds is 15. The first-order chi connectivity index (χ1) is 14.3. The Labute approximate surface area is 185 Å². The zero-order chi connectivity index (χ0) is 22.9. The highest BCUT2D eigenvalue weighted by molar-refractivity contribution is 7.78. The van der Waals surface area contributed by atoms with E-state index >= 15 is 0 Å². The van der Waals surface area contributed by atoms with E-state index in [4.69, 9.17) is 4.89 Å². The lowest BCUT2D eigenvalue weighted by Crippen LogP contribution is -2.50. The normalized spacial score (nSPS) is 13.1. The maximum absolute atomic E-state index is 11.3. The van der Waals surface area contributed by atoms with Gasteiger partial charge in [0.05, 0.1) is 26.2 Å². The predicted octanol–water partition coefficient (Wildman–Crippen LogP) is 7.24. The van der Waals surface area contributed by atoms with Gasteiger partial charge in [-0.3, -0.25) is 9.36 Å². The van der Waals surface area contributed by atoms with Gasteiger partial charge in [-0.2, -0.15) is 0 Å². The molecule has 0 spiro atoms. The van der Waals surface area contributed by atoms with Gasteiger partial charge >= 0.3 is 0 Å². The van der Waals surface area contributed by atoms with Crippen LogP contribution in [0.25, 0.3) is 0 Å². The van der Waals surface area contributed by atoms with Crippen LogP contribution in [0.1, 0.15) is 89.4 Å². The van der Waals surface area contributed by atoms with Gasteiger partial charge in [0, 0.05) is 11.4 Å². The fraction of sp³-hybridized carbons (Fsp3) is 0.640. The highest BCUT2D eigenvalue weighted by Crippen LogP contribution is 2.44. The third-order valence-corrected chi connectivity index (χ3v) is 6.84. The molecule has 1 unspecified atom stereocenters. The Morgan fingerprint density at radius 1 is 0.867 bits per heavy atom. The molecule has 0 aromatic heterocycles. The van der Waals surface area contributed by atoms with Crippen molar-refractivity contribution in [3.05, 3.63) is 48.3 Å². The molecule has 0 heterocycles. The maximum atomic E-state index is 11.3. The summed E-state index contributed by atoms with van der Waals surface area (Å²) in [6.07, 6.45) is 11.1. The summed E-state index contributed by atoms with van der Waals surface area (Å²) < 4.78 is 12.6. The molecule has 5 heteroatoms. The fourth-order valence-electron chi connectivity index (χ4n) is 3.49. The molecule has 0 saturated heterocycles. The average Bonchev–Trinajstić information content (AvgIpc) is 2.78. The standard InChI is InChI=1S/C16H36N.C9H9O3P/c1-5-9-13-17(14-10-6-2,15-11-7-3)16-12-8-4;1-2-13(11,12)9(10)8-6-4-3-5-7-8/h5-16H2,1-4H3;2-7H,1H2,(H,11,12)/q+1;. The summed E-state index contributed by atoms with van der Waals surface area (Å²) in [4.78, 5) is 20.4. The lowest BCUT2D eigenvalue weighted by atomic mass is 10.1. The van der Waals surface area contributed by atoms with E-state index in [1.807, 2.05) is 0 Å². The predicted molar refractivity (Wildman–Crippen MR) is 130 cm³/mol. The summed E-state index contributed by atoms with van der Waals surface area (Å²) in [5.41, 5.74) is -0.545. The van der Waals surface area contributed by atoms with E-state index in [0.717, 1.165) is 5.82 Å². The Hall–Kier alpha value is -1.22. The third kappa shape index (κ3) is 11.2. The molecule has 172 valence electrons. The van der Waals surface area contributed by atoms with Crippen molar-refractivity contribution in [1.82, 2.24) is 0 Å². The van der Waals surface area contributed by atoms with Crippen molar-refractivity contribution in [2.75, 3.05) is 26.2 Å². The van der Waals surface area contributed by atoms with E-state index in [0.29, 0.717) is 0 Å². The molecule has 0 radical (unpaired) electrons. The fourth-order valence-corrected chi connectivity index (χ4v) is 4.18. The highest BCUT2D eigenvalue weighted by atomic mass is 31.2. The first-order valence-corrected chi connectivity index (χ1v) is 13.5. The Bertz CT molecular complexity index is 593. The number of carbonyl (C=O) groups is 1. The molecule has 1 aromatic rings. The molecule has 1 N–H and O–H groups in total. The van der Waals surface area contributed by atoms with Crippen LogP contribution in [0, 0.1) is 0 Å². The molecule has 0 aliphatic heterocycles. The van der Waals surface area contributed by atoms with Gasteiger partial charge in [0.25, 0.3) is 12.9 Å². The van der Waals surface area contributed by atoms with Crippen LogP contribution in [-0.4, -0.2) is 41.1 Å². The summed E-state index contributed by atoms with van der Waals surface area (Å²) in [6, 6.07) is 7.99. The highest BCUT2D eigenvalue weighted by Gasteiger charge is 2.26. The minimum absolute atomic E-state index is 0.230. The van der Waals surface area contributed by atoms with E-state index in [2.05, 4.69) is 34.3 Å². The first-order valence-electron chi connectivity index (χ1n) is 11.7. The molecule has 1 rings (SSSR count). The van der Waals surface area contributed by atoms with Gasteiger partial charge in [0.2, 0.25) is 0 Å². The van der Waals surface area contributed by atoms with E-state index in [1.165, 1.54) is 94.2 Å². The van der Waals surface area contributed by atoms with E-state index in [9.17, 15) is 9.36 Å². The van der Waals surface area contributed by atoms with E-state index < -0.39 is 12.9 Å². The maximum Gasteiger partial charge on any atom is 0.290 e. The summed E-state index contributed by atoms with van der Waals surface area (Å²) in [6.45, 7) is 18.2. The van der Waals surface area contributed by atoms with Crippen LogP contribution in [0.3, 0.4) is 0 Å². The first kappa shape index (κ1) is 28.8. The molecule has 0 aliphatic rings. The average molecular weight is 439 g/mol. The molecule has 0 amide bonds. The molecular formula is C25H45NO3P+. The Kier molecular flexibility index (Phi) is 15.8. The molecule has 0 aliphatic carbocycles.